The van der Waals surface area contributed by atoms with Crippen LogP contribution < -0.4 is 5.32 Å². The van der Waals surface area contributed by atoms with E-state index in [0.717, 1.165) is 16.7 Å². The Kier molecular flexibility index (Phi) is 6.34. The minimum Gasteiger partial charge on any atom is -0.375 e. The number of amides is 1. The topological polar surface area (TPSA) is 38.3 Å². The predicted octanol–water partition coefficient (Wildman–Crippen LogP) is 4.54. The number of nitrogens with one attached hydrogen (secondary N) is 1. The molecule has 1 amide bonds. The van der Waals surface area contributed by atoms with Crippen LogP contribution in [-0.2, 0) is 16.0 Å². The molecular formula is C23H22FNO2. The van der Waals surface area contributed by atoms with Crippen LogP contribution >= 0.6 is 0 Å². The Hall–Kier alpha value is -2.98. The molecule has 27 heavy (non-hydrogen) atoms. The lowest BCUT2D eigenvalue weighted by Crippen LogP contribution is -2.30. The Bertz CT molecular complexity index is 878. The van der Waals surface area contributed by atoms with Crippen molar-refractivity contribution in [3.05, 3.63) is 95.8 Å². The number of rotatable bonds is 7. The standard InChI is InChI=1S/C23H22FNO2/c1-27-22(20-8-5-9-21(24)15-20)16-25-23(26)14-17-10-12-19(13-11-17)18-6-3-2-4-7-18/h2-13,15,22H,14,16H2,1H3,(H,25,26). The van der Waals surface area contributed by atoms with E-state index in [4.69, 9.17) is 4.74 Å². The maximum absolute atomic E-state index is 13.4. The smallest absolute Gasteiger partial charge is 0.224 e. The van der Waals surface area contributed by atoms with Crippen molar-refractivity contribution < 1.29 is 13.9 Å². The lowest BCUT2D eigenvalue weighted by Gasteiger charge is -2.16. The predicted molar refractivity (Wildman–Crippen MR) is 105 cm³/mol. The fourth-order valence-electron chi connectivity index (χ4n) is 2.94. The molecule has 4 heteroatoms. The second kappa shape index (κ2) is 9.10. The second-order valence-corrected chi connectivity index (χ2v) is 6.32. The number of benzene rings is 3. The van der Waals surface area contributed by atoms with Crippen molar-refractivity contribution in [3.63, 3.8) is 0 Å². The van der Waals surface area contributed by atoms with E-state index in [1.807, 2.05) is 42.5 Å². The summed E-state index contributed by atoms with van der Waals surface area (Å²) >= 11 is 0. The summed E-state index contributed by atoms with van der Waals surface area (Å²) in [5.41, 5.74) is 3.90. The van der Waals surface area contributed by atoms with Gasteiger partial charge in [-0.05, 0) is 34.4 Å². The first-order valence-electron chi connectivity index (χ1n) is 8.85. The summed E-state index contributed by atoms with van der Waals surface area (Å²) in [4.78, 5) is 12.2. The zero-order chi connectivity index (χ0) is 19.1. The van der Waals surface area contributed by atoms with Gasteiger partial charge in [-0.3, -0.25) is 4.79 Å². The quantitative estimate of drug-likeness (QED) is 0.669. The molecule has 0 saturated heterocycles. The molecule has 3 nitrogen and oxygen atoms in total. The van der Waals surface area contributed by atoms with E-state index in [9.17, 15) is 9.18 Å². The summed E-state index contributed by atoms with van der Waals surface area (Å²) in [6, 6.07) is 24.3. The van der Waals surface area contributed by atoms with Crippen molar-refractivity contribution in [2.24, 2.45) is 0 Å². The number of ether oxygens (including phenoxy) is 1. The molecule has 0 aliphatic carbocycles. The normalized spacial score (nSPS) is 11.8. The van der Waals surface area contributed by atoms with Crippen LogP contribution in [-0.4, -0.2) is 19.6 Å². The van der Waals surface area contributed by atoms with Gasteiger partial charge >= 0.3 is 0 Å². The highest BCUT2D eigenvalue weighted by atomic mass is 19.1. The first-order valence-corrected chi connectivity index (χ1v) is 8.85. The Morgan fingerprint density at radius 3 is 2.33 bits per heavy atom. The molecule has 0 bridgehead atoms. The van der Waals surface area contributed by atoms with Crippen molar-refractivity contribution in [1.29, 1.82) is 0 Å². The third-order valence-corrected chi connectivity index (χ3v) is 4.42. The van der Waals surface area contributed by atoms with Gasteiger partial charge in [0.25, 0.3) is 0 Å². The number of halogens is 1. The molecule has 3 aromatic rings. The fourth-order valence-corrected chi connectivity index (χ4v) is 2.94. The van der Waals surface area contributed by atoms with E-state index in [1.165, 1.54) is 12.1 Å². The van der Waals surface area contributed by atoms with Crippen LogP contribution in [0, 0.1) is 5.82 Å². The molecule has 0 aliphatic rings. The molecule has 0 fully saturated rings. The van der Waals surface area contributed by atoms with Crippen LogP contribution in [0.4, 0.5) is 4.39 Å². The van der Waals surface area contributed by atoms with Crippen molar-refractivity contribution in [1.82, 2.24) is 5.32 Å². The van der Waals surface area contributed by atoms with E-state index in [0.29, 0.717) is 12.1 Å². The van der Waals surface area contributed by atoms with Crippen molar-refractivity contribution >= 4 is 5.91 Å². The Morgan fingerprint density at radius 2 is 1.67 bits per heavy atom. The number of methoxy groups -OCH3 is 1. The van der Waals surface area contributed by atoms with E-state index in [2.05, 4.69) is 17.4 Å². The summed E-state index contributed by atoms with van der Waals surface area (Å²) in [5, 5.41) is 2.86. The molecule has 1 N–H and O–H groups in total. The molecule has 3 rings (SSSR count). The minimum atomic E-state index is -0.384. The van der Waals surface area contributed by atoms with Crippen molar-refractivity contribution in [2.45, 2.75) is 12.5 Å². The molecule has 1 atom stereocenters. The van der Waals surface area contributed by atoms with Gasteiger partial charge in [0.1, 0.15) is 5.82 Å². The Balaban J connectivity index is 1.56. The number of hydrogen-bond donors (Lipinski definition) is 1. The molecule has 0 saturated carbocycles. The highest BCUT2D eigenvalue weighted by Crippen LogP contribution is 2.20. The first kappa shape index (κ1) is 18.8. The third-order valence-electron chi connectivity index (χ3n) is 4.42. The molecule has 3 aromatic carbocycles. The van der Waals surface area contributed by atoms with Crippen LogP contribution in [0.1, 0.15) is 17.2 Å². The van der Waals surface area contributed by atoms with Gasteiger partial charge in [0.05, 0.1) is 12.5 Å². The van der Waals surface area contributed by atoms with Gasteiger partial charge in [-0.1, -0.05) is 66.7 Å². The molecule has 0 aromatic heterocycles. The Morgan fingerprint density at radius 1 is 0.963 bits per heavy atom. The summed E-state index contributed by atoms with van der Waals surface area (Å²) in [5.74, 6) is -0.416. The monoisotopic (exact) mass is 363 g/mol. The summed E-state index contributed by atoms with van der Waals surface area (Å²) in [6.45, 7) is 0.293. The van der Waals surface area contributed by atoms with E-state index in [-0.39, 0.29) is 24.2 Å². The molecule has 0 heterocycles. The van der Waals surface area contributed by atoms with Crippen LogP contribution in [0.5, 0.6) is 0 Å². The van der Waals surface area contributed by atoms with E-state index in [1.54, 1.807) is 19.2 Å². The maximum atomic E-state index is 13.4. The van der Waals surface area contributed by atoms with Gasteiger partial charge in [-0.25, -0.2) is 4.39 Å². The summed E-state index contributed by atoms with van der Waals surface area (Å²) in [7, 11) is 1.55. The molecule has 0 spiro atoms. The zero-order valence-corrected chi connectivity index (χ0v) is 15.2. The molecule has 1 unspecified atom stereocenters. The van der Waals surface area contributed by atoms with Crippen molar-refractivity contribution in [2.75, 3.05) is 13.7 Å². The lowest BCUT2D eigenvalue weighted by atomic mass is 10.0. The van der Waals surface area contributed by atoms with Gasteiger partial charge in [0.15, 0.2) is 0 Å². The molecule has 0 radical (unpaired) electrons. The van der Waals surface area contributed by atoms with Gasteiger partial charge in [0.2, 0.25) is 5.91 Å². The van der Waals surface area contributed by atoms with Crippen LogP contribution in [0.25, 0.3) is 11.1 Å². The van der Waals surface area contributed by atoms with Gasteiger partial charge < -0.3 is 10.1 Å². The van der Waals surface area contributed by atoms with Gasteiger partial charge in [-0.2, -0.15) is 0 Å². The average molecular weight is 363 g/mol. The third kappa shape index (κ3) is 5.25. The van der Waals surface area contributed by atoms with Gasteiger partial charge in [-0.15, -0.1) is 0 Å². The highest BCUT2D eigenvalue weighted by molar-refractivity contribution is 5.79. The first-order chi connectivity index (χ1) is 13.2. The zero-order valence-electron chi connectivity index (χ0n) is 15.2. The molecule has 138 valence electrons. The SMILES string of the molecule is COC(CNC(=O)Cc1ccc(-c2ccccc2)cc1)c1cccc(F)c1. The Labute approximate surface area is 158 Å². The average Bonchev–Trinajstić information content (AvgIpc) is 2.70. The number of carbonyl (C=O) groups excluding carboxylic acids is 1. The highest BCUT2D eigenvalue weighted by Gasteiger charge is 2.13. The van der Waals surface area contributed by atoms with E-state index < -0.39 is 0 Å². The number of hydrogen-bond acceptors (Lipinski definition) is 2. The number of carbonyl (C=O) groups is 1. The van der Waals surface area contributed by atoms with Crippen LogP contribution in [0.15, 0.2) is 78.9 Å². The van der Waals surface area contributed by atoms with E-state index >= 15 is 0 Å². The second-order valence-electron chi connectivity index (χ2n) is 6.32. The fraction of sp³-hybridized carbons (Fsp3) is 0.174. The molecule has 0 aliphatic heterocycles. The maximum Gasteiger partial charge on any atom is 0.224 e. The summed E-state index contributed by atoms with van der Waals surface area (Å²) < 4.78 is 18.7. The molecular weight excluding hydrogens is 341 g/mol. The van der Waals surface area contributed by atoms with Crippen LogP contribution in [0.3, 0.4) is 0 Å². The van der Waals surface area contributed by atoms with Crippen molar-refractivity contribution in [3.8, 4) is 11.1 Å². The van der Waals surface area contributed by atoms with Gasteiger partial charge in [0, 0.05) is 13.7 Å². The lowest BCUT2D eigenvalue weighted by molar-refractivity contribution is -0.121. The minimum absolute atomic E-state index is 0.0964. The summed E-state index contributed by atoms with van der Waals surface area (Å²) in [6.07, 6.45) is -0.0978. The largest absolute Gasteiger partial charge is 0.375 e. The van der Waals surface area contributed by atoms with Crippen LogP contribution in [0.2, 0.25) is 0 Å².